The van der Waals surface area contributed by atoms with Gasteiger partial charge in [0, 0.05) is 36.9 Å². The first-order chi connectivity index (χ1) is 13.5. The third-order valence-electron chi connectivity index (χ3n) is 3.79. The molecule has 1 aromatic heterocycles. The van der Waals surface area contributed by atoms with Crippen molar-refractivity contribution >= 4 is 17.2 Å². The molecule has 2 heterocycles. The average Bonchev–Trinajstić information content (AvgIpc) is 3.12. The van der Waals surface area contributed by atoms with E-state index in [1.807, 2.05) is 55.7 Å². The molecule has 0 bridgehead atoms. The Labute approximate surface area is 166 Å². The Bertz CT molecular complexity index is 938. The number of allylic oxidation sites excluding steroid dienone is 1. The molecule has 1 aromatic carbocycles. The number of hydrogen-bond donors (Lipinski definition) is 1. The second-order valence-corrected chi connectivity index (χ2v) is 6.19. The third-order valence-corrected chi connectivity index (χ3v) is 3.79. The Balaban J connectivity index is 0.000000878. The number of anilines is 1. The molecule has 0 unspecified atom stereocenters. The number of aromatic nitrogens is 2. The van der Waals surface area contributed by atoms with Gasteiger partial charge in [0.25, 0.3) is 0 Å². The van der Waals surface area contributed by atoms with Gasteiger partial charge >= 0.3 is 0 Å². The van der Waals surface area contributed by atoms with Crippen LogP contribution in [0.4, 0.5) is 5.69 Å². The minimum absolute atomic E-state index is 0.615. The standard InChI is InChI=1S/C19H18N6.C3H8/c1-4-18(16-12-22-24(3)13-16)25-10-9-21-19(14(25)2)23-17-7-5-15(11-20)6-8-17;1-3-2/h4-10,12-13H,2H2,1,3H3,(H,21,23);3H2,1-2H3/b18-4-;. The molecule has 1 aliphatic rings. The molecular weight excluding hydrogens is 348 g/mol. The summed E-state index contributed by atoms with van der Waals surface area (Å²) in [6.07, 6.45) is 10.6. The van der Waals surface area contributed by atoms with Gasteiger partial charge in [-0.3, -0.25) is 4.68 Å². The van der Waals surface area contributed by atoms with Gasteiger partial charge in [0.2, 0.25) is 0 Å². The molecule has 0 amide bonds. The first-order valence-corrected chi connectivity index (χ1v) is 9.19. The molecule has 2 aromatic rings. The van der Waals surface area contributed by atoms with Crippen LogP contribution in [0.15, 0.2) is 72.4 Å². The van der Waals surface area contributed by atoms with Crippen LogP contribution in [0.1, 0.15) is 38.3 Å². The monoisotopic (exact) mass is 374 g/mol. The molecule has 0 atom stereocenters. The smallest absolute Gasteiger partial charge is 0.154 e. The van der Waals surface area contributed by atoms with Crippen LogP contribution in [0.2, 0.25) is 0 Å². The number of benzene rings is 1. The van der Waals surface area contributed by atoms with Crippen LogP contribution in [0.3, 0.4) is 0 Å². The Morgan fingerprint density at radius 3 is 2.50 bits per heavy atom. The molecule has 1 aliphatic heterocycles. The van der Waals surface area contributed by atoms with Crippen LogP contribution in [0.25, 0.3) is 5.70 Å². The van der Waals surface area contributed by atoms with Crippen LogP contribution in [0, 0.1) is 11.3 Å². The van der Waals surface area contributed by atoms with Gasteiger partial charge in [-0.2, -0.15) is 10.4 Å². The van der Waals surface area contributed by atoms with E-state index in [0.717, 1.165) is 22.6 Å². The molecule has 0 radical (unpaired) electrons. The first kappa shape index (κ1) is 20.7. The van der Waals surface area contributed by atoms with Crippen LogP contribution >= 0.6 is 0 Å². The normalized spacial score (nSPS) is 13.4. The number of nitriles is 1. The van der Waals surface area contributed by atoms with Gasteiger partial charge in [-0.25, -0.2) is 4.99 Å². The van der Waals surface area contributed by atoms with Gasteiger partial charge in [-0.05, 0) is 31.2 Å². The summed E-state index contributed by atoms with van der Waals surface area (Å²) in [6, 6.07) is 9.31. The van der Waals surface area contributed by atoms with E-state index < -0.39 is 0 Å². The SMILES string of the molecule is C=C1C(Nc2ccc(C#N)cc2)=NC=CN1/C(=C\C)c1cnn(C)c1.CCC. The van der Waals surface area contributed by atoms with E-state index in [2.05, 4.69) is 41.9 Å². The summed E-state index contributed by atoms with van der Waals surface area (Å²) in [6.45, 7) is 10.4. The Morgan fingerprint density at radius 2 is 1.96 bits per heavy atom. The zero-order chi connectivity index (χ0) is 20.5. The molecule has 0 saturated carbocycles. The molecule has 28 heavy (non-hydrogen) atoms. The van der Waals surface area contributed by atoms with Crippen LogP contribution in [-0.2, 0) is 7.05 Å². The fourth-order valence-corrected chi connectivity index (χ4v) is 2.55. The lowest BCUT2D eigenvalue weighted by Gasteiger charge is -2.28. The molecule has 0 aliphatic carbocycles. The van der Waals surface area contributed by atoms with Crippen molar-refractivity contribution in [1.29, 1.82) is 5.26 Å². The predicted molar refractivity (Wildman–Crippen MR) is 115 cm³/mol. The molecule has 0 fully saturated rings. The molecule has 1 N–H and O–H groups in total. The van der Waals surface area contributed by atoms with Crippen molar-refractivity contribution in [2.75, 3.05) is 5.32 Å². The van der Waals surface area contributed by atoms with Gasteiger partial charge in [0.1, 0.15) is 0 Å². The van der Waals surface area contributed by atoms with Crippen molar-refractivity contribution in [3.05, 3.63) is 78.5 Å². The van der Waals surface area contributed by atoms with Crippen molar-refractivity contribution in [1.82, 2.24) is 14.7 Å². The van der Waals surface area contributed by atoms with Gasteiger partial charge < -0.3 is 10.2 Å². The van der Waals surface area contributed by atoms with E-state index in [9.17, 15) is 0 Å². The van der Waals surface area contributed by atoms with E-state index in [0.29, 0.717) is 11.4 Å². The van der Waals surface area contributed by atoms with Gasteiger partial charge in [-0.1, -0.05) is 32.9 Å². The molecule has 6 nitrogen and oxygen atoms in total. The topological polar surface area (TPSA) is 69.2 Å². The first-order valence-electron chi connectivity index (χ1n) is 9.19. The summed E-state index contributed by atoms with van der Waals surface area (Å²) in [5, 5.41) is 16.4. The Kier molecular flexibility index (Phi) is 7.35. The average molecular weight is 374 g/mol. The van der Waals surface area contributed by atoms with Crippen molar-refractivity contribution in [2.24, 2.45) is 12.0 Å². The van der Waals surface area contributed by atoms with Crippen LogP contribution in [0.5, 0.6) is 0 Å². The highest BCUT2D eigenvalue weighted by atomic mass is 15.3. The highest BCUT2D eigenvalue weighted by Gasteiger charge is 2.20. The van der Waals surface area contributed by atoms with Crippen LogP contribution in [-0.4, -0.2) is 20.5 Å². The summed E-state index contributed by atoms with van der Waals surface area (Å²) >= 11 is 0. The zero-order valence-corrected chi connectivity index (χ0v) is 16.8. The Hall–Kier alpha value is -3.59. The van der Waals surface area contributed by atoms with Gasteiger partial charge in [0.05, 0.1) is 29.2 Å². The summed E-state index contributed by atoms with van der Waals surface area (Å²) in [5.74, 6) is 0.649. The Morgan fingerprint density at radius 1 is 1.29 bits per heavy atom. The van der Waals surface area contributed by atoms with E-state index in [-0.39, 0.29) is 0 Å². The molecule has 144 valence electrons. The number of aliphatic imine (C=N–C) groups is 1. The van der Waals surface area contributed by atoms with E-state index in [1.165, 1.54) is 6.42 Å². The van der Waals surface area contributed by atoms with Crippen LogP contribution < -0.4 is 5.32 Å². The maximum atomic E-state index is 8.89. The number of nitrogens with zero attached hydrogens (tertiary/aromatic N) is 5. The maximum Gasteiger partial charge on any atom is 0.154 e. The second-order valence-electron chi connectivity index (χ2n) is 6.19. The lowest BCUT2D eigenvalue weighted by molar-refractivity contribution is 0.683. The molecule has 6 heteroatoms. The van der Waals surface area contributed by atoms with Crippen molar-refractivity contribution in [3.63, 3.8) is 0 Å². The predicted octanol–water partition coefficient (Wildman–Crippen LogP) is 4.88. The number of amidine groups is 1. The number of rotatable bonds is 3. The molecule has 0 saturated heterocycles. The number of hydrogen-bond acceptors (Lipinski definition) is 5. The van der Waals surface area contributed by atoms with E-state index >= 15 is 0 Å². The number of nitrogens with one attached hydrogen (secondary N) is 1. The lowest BCUT2D eigenvalue weighted by Crippen LogP contribution is -2.27. The van der Waals surface area contributed by atoms with Crippen molar-refractivity contribution in [2.45, 2.75) is 27.2 Å². The minimum atomic E-state index is 0.615. The summed E-state index contributed by atoms with van der Waals surface area (Å²) in [4.78, 5) is 6.35. The second kappa shape index (κ2) is 9.93. The summed E-state index contributed by atoms with van der Waals surface area (Å²) < 4.78 is 1.76. The van der Waals surface area contributed by atoms with Crippen molar-refractivity contribution in [3.8, 4) is 6.07 Å². The molecule has 0 spiro atoms. The molecule has 3 rings (SSSR count). The van der Waals surface area contributed by atoms with Gasteiger partial charge in [0.15, 0.2) is 5.84 Å². The quantitative estimate of drug-likeness (QED) is 0.831. The molecular formula is C22H26N6. The maximum absolute atomic E-state index is 8.89. The highest BCUT2D eigenvalue weighted by molar-refractivity contribution is 6.09. The highest BCUT2D eigenvalue weighted by Crippen LogP contribution is 2.26. The van der Waals surface area contributed by atoms with E-state index in [4.69, 9.17) is 5.26 Å². The fourth-order valence-electron chi connectivity index (χ4n) is 2.55. The summed E-state index contributed by atoms with van der Waals surface area (Å²) in [7, 11) is 1.89. The zero-order valence-electron chi connectivity index (χ0n) is 16.8. The van der Waals surface area contributed by atoms with Crippen molar-refractivity contribution < 1.29 is 0 Å². The lowest BCUT2D eigenvalue weighted by atomic mass is 10.2. The third kappa shape index (κ3) is 4.98. The minimum Gasteiger partial charge on any atom is -0.339 e. The fraction of sp³-hybridized carbons (Fsp3) is 0.227. The largest absolute Gasteiger partial charge is 0.339 e. The van der Waals surface area contributed by atoms with Gasteiger partial charge in [-0.15, -0.1) is 0 Å². The van der Waals surface area contributed by atoms with E-state index in [1.54, 1.807) is 23.0 Å². The summed E-state index contributed by atoms with van der Waals surface area (Å²) in [5.41, 5.74) is 4.16. The number of aryl methyl sites for hydroxylation is 1.